The Morgan fingerprint density at radius 2 is 1.88 bits per heavy atom. The van der Waals surface area contributed by atoms with Crippen LogP contribution in [0.25, 0.3) is 10.8 Å². The number of thiocarbonyl (C=S) groups is 1. The number of carbonyl (C=O) groups is 1. The highest BCUT2D eigenvalue weighted by atomic mass is 32.1. The largest absolute Gasteiger partial charge is 0.358 e. The molecule has 2 atom stereocenters. The van der Waals surface area contributed by atoms with E-state index in [0.29, 0.717) is 27.8 Å². The number of rotatable bonds is 2. The standard InChI is InChI=1S/C18H23N5O2S/c1-11-7-3-6-10-14(11)19-18(26)21-20-16(24)15-12-8-4-5-9-13(12)17(25)23(2)22-15/h4-5,8-9,11,14H,3,6-7,10H2,1-2H3,(H,20,24)(H2,19,21,26)/t11-,14+/m0/s1. The molecule has 1 fully saturated rings. The number of hydrogen-bond acceptors (Lipinski definition) is 4. The first-order valence-corrected chi connectivity index (χ1v) is 9.21. The lowest BCUT2D eigenvalue weighted by Crippen LogP contribution is -2.51. The third-order valence-electron chi connectivity index (χ3n) is 4.89. The number of nitrogens with zero attached hydrogens (tertiary/aromatic N) is 2. The van der Waals surface area contributed by atoms with Crippen LogP contribution < -0.4 is 21.7 Å². The molecule has 0 aliphatic heterocycles. The Labute approximate surface area is 157 Å². The molecular formula is C18H23N5O2S. The van der Waals surface area contributed by atoms with E-state index >= 15 is 0 Å². The minimum atomic E-state index is -0.447. The molecule has 7 nitrogen and oxygen atoms in total. The molecule has 1 aromatic heterocycles. The van der Waals surface area contributed by atoms with E-state index < -0.39 is 5.91 Å². The van der Waals surface area contributed by atoms with Crippen molar-refractivity contribution < 1.29 is 4.79 Å². The lowest BCUT2D eigenvalue weighted by atomic mass is 9.86. The third-order valence-corrected chi connectivity index (χ3v) is 5.11. The zero-order valence-electron chi connectivity index (χ0n) is 14.9. The van der Waals surface area contributed by atoms with Gasteiger partial charge in [0.25, 0.3) is 11.5 Å². The Bertz CT molecular complexity index is 895. The molecule has 0 unspecified atom stereocenters. The third kappa shape index (κ3) is 3.85. The second kappa shape index (κ2) is 7.82. The highest BCUT2D eigenvalue weighted by molar-refractivity contribution is 7.80. The summed E-state index contributed by atoms with van der Waals surface area (Å²) in [6, 6.07) is 7.23. The molecule has 0 saturated heterocycles. The van der Waals surface area contributed by atoms with Gasteiger partial charge in [0.2, 0.25) is 0 Å². The van der Waals surface area contributed by atoms with Crippen molar-refractivity contribution >= 4 is 34.0 Å². The zero-order chi connectivity index (χ0) is 18.7. The fourth-order valence-electron chi connectivity index (χ4n) is 3.38. The molecule has 1 amide bonds. The van der Waals surface area contributed by atoms with Gasteiger partial charge in [0, 0.05) is 18.5 Å². The van der Waals surface area contributed by atoms with Crippen molar-refractivity contribution in [2.45, 2.75) is 38.6 Å². The normalized spacial score (nSPS) is 19.8. The van der Waals surface area contributed by atoms with E-state index in [2.05, 4.69) is 28.2 Å². The van der Waals surface area contributed by atoms with Gasteiger partial charge in [-0.1, -0.05) is 38.0 Å². The fraction of sp³-hybridized carbons (Fsp3) is 0.444. The molecule has 8 heteroatoms. The van der Waals surface area contributed by atoms with Crippen molar-refractivity contribution in [3.05, 3.63) is 40.3 Å². The second-order valence-corrected chi connectivity index (χ2v) is 7.15. The summed E-state index contributed by atoms with van der Waals surface area (Å²) in [4.78, 5) is 24.7. The molecule has 26 heavy (non-hydrogen) atoms. The Hall–Kier alpha value is -2.48. The van der Waals surface area contributed by atoms with Crippen molar-refractivity contribution in [2.24, 2.45) is 13.0 Å². The minimum absolute atomic E-state index is 0.170. The zero-order valence-corrected chi connectivity index (χ0v) is 15.7. The Kier molecular flexibility index (Phi) is 5.51. The van der Waals surface area contributed by atoms with Crippen molar-refractivity contribution in [1.29, 1.82) is 0 Å². The Morgan fingerprint density at radius 1 is 1.19 bits per heavy atom. The van der Waals surface area contributed by atoms with E-state index in [1.165, 1.54) is 26.3 Å². The number of carbonyl (C=O) groups excluding carboxylic acids is 1. The van der Waals surface area contributed by atoms with E-state index in [4.69, 9.17) is 12.2 Å². The van der Waals surface area contributed by atoms with Crippen molar-refractivity contribution in [3.8, 4) is 0 Å². The maximum absolute atomic E-state index is 12.5. The molecule has 0 spiro atoms. The molecule has 1 aromatic carbocycles. The minimum Gasteiger partial charge on any atom is -0.358 e. The van der Waals surface area contributed by atoms with Gasteiger partial charge in [0.1, 0.15) is 0 Å². The summed E-state index contributed by atoms with van der Waals surface area (Å²) in [6.45, 7) is 2.21. The maximum atomic E-state index is 12.5. The number of fused-ring (bicyclic) bond motifs is 1. The summed E-state index contributed by atoms with van der Waals surface area (Å²) in [5, 5.41) is 8.70. The molecule has 1 heterocycles. The van der Waals surface area contributed by atoms with Crippen LogP contribution in [-0.2, 0) is 7.05 Å². The summed E-state index contributed by atoms with van der Waals surface area (Å²) < 4.78 is 1.16. The highest BCUT2D eigenvalue weighted by Crippen LogP contribution is 2.23. The first-order valence-electron chi connectivity index (χ1n) is 8.80. The lowest BCUT2D eigenvalue weighted by Gasteiger charge is -2.30. The van der Waals surface area contributed by atoms with Gasteiger partial charge in [-0.25, -0.2) is 4.68 Å². The number of aromatic nitrogens is 2. The van der Waals surface area contributed by atoms with E-state index in [-0.39, 0.29) is 11.3 Å². The molecule has 2 aromatic rings. The van der Waals surface area contributed by atoms with E-state index in [1.807, 2.05) is 0 Å². The number of amides is 1. The molecule has 1 aliphatic carbocycles. The SMILES string of the molecule is C[C@H]1CCCC[C@H]1NC(=S)NNC(=O)c1nn(C)c(=O)c2ccccc12. The quantitative estimate of drug-likeness (QED) is 0.548. The monoisotopic (exact) mass is 373 g/mol. The molecular weight excluding hydrogens is 350 g/mol. The van der Waals surface area contributed by atoms with Crippen LogP contribution in [0.4, 0.5) is 0 Å². The summed E-state index contributed by atoms with van der Waals surface area (Å²) >= 11 is 5.29. The van der Waals surface area contributed by atoms with Crippen molar-refractivity contribution in [1.82, 2.24) is 25.9 Å². The average Bonchev–Trinajstić information content (AvgIpc) is 2.64. The van der Waals surface area contributed by atoms with Gasteiger partial charge in [0.15, 0.2) is 10.8 Å². The highest BCUT2D eigenvalue weighted by Gasteiger charge is 2.22. The second-order valence-electron chi connectivity index (χ2n) is 6.74. The van der Waals surface area contributed by atoms with Gasteiger partial charge in [-0.3, -0.25) is 20.4 Å². The van der Waals surface area contributed by atoms with Crippen LogP contribution in [0.1, 0.15) is 43.1 Å². The van der Waals surface area contributed by atoms with Gasteiger partial charge in [-0.15, -0.1) is 0 Å². The first-order chi connectivity index (χ1) is 12.5. The van der Waals surface area contributed by atoms with Crippen molar-refractivity contribution in [3.63, 3.8) is 0 Å². The van der Waals surface area contributed by atoms with Crippen LogP contribution in [0.5, 0.6) is 0 Å². The molecule has 0 radical (unpaired) electrons. The first kappa shape index (κ1) is 18.3. The number of nitrogens with one attached hydrogen (secondary N) is 3. The van der Waals surface area contributed by atoms with Crippen LogP contribution in [0.15, 0.2) is 29.1 Å². The van der Waals surface area contributed by atoms with Gasteiger partial charge < -0.3 is 5.32 Å². The number of hydrazine groups is 1. The van der Waals surface area contributed by atoms with Gasteiger partial charge >= 0.3 is 0 Å². The Balaban J connectivity index is 1.69. The van der Waals surface area contributed by atoms with E-state index in [0.717, 1.165) is 11.1 Å². The summed E-state index contributed by atoms with van der Waals surface area (Å²) in [5.41, 5.74) is 5.24. The Morgan fingerprint density at radius 3 is 2.62 bits per heavy atom. The van der Waals surface area contributed by atoms with Crippen LogP contribution in [0.3, 0.4) is 0 Å². The molecule has 1 saturated carbocycles. The molecule has 138 valence electrons. The van der Waals surface area contributed by atoms with Crippen LogP contribution >= 0.6 is 12.2 Å². The van der Waals surface area contributed by atoms with E-state index in [9.17, 15) is 9.59 Å². The molecule has 3 rings (SSSR count). The number of hydrogen-bond donors (Lipinski definition) is 3. The summed E-state index contributed by atoms with van der Waals surface area (Å²) in [5.74, 6) is 0.103. The van der Waals surface area contributed by atoms with Crippen LogP contribution in [-0.4, -0.2) is 26.8 Å². The molecule has 3 N–H and O–H groups in total. The van der Waals surface area contributed by atoms with Gasteiger partial charge in [-0.2, -0.15) is 5.10 Å². The fourth-order valence-corrected chi connectivity index (χ4v) is 3.58. The summed E-state index contributed by atoms with van der Waals surface area (Å²) in [6.07, 6.45) is 4.69. The average molecular weight is 373 g/mol. The van der Waals surface area contributed by atoms with Gasteiger partial charge in [-0.05, 0) is 37.0 Å². The van der Waals surface area contributed by atoms with Gasteiger partial charge in [0.05, 0.1) is 5.39 Å². The summed E-state index contributed by atoms with van der Waals surface area (Å²) in [7, 11) is 1.52. The predicted octanol–water partition coefficient (Wildman–Crippen LogP) is 1.62. The predicted molar refractivity (Wildman–Crippen MR) is 105 cm³/mol. The topological polar surface area (TPSA) is 88.0 Å². The lowest BCUT2D eigenvalue weighted by molar-refractivity contribution is 0.0938. The number of aryl methyl sites for hydroxylation is 1. The van der Waals surface area contributed by atoms with Crippen LogP contribution in [0.2, 0.25) is 0 Å². The van der Waals surface area contributed by atoms with E-state index in [1.54, 1.807) is 24.3 Å². The molecule has 0 bridgehead atoms. The number of benzene rings is 1. The smallest absolute Gasteiger partial charge is 0.290 e. The van der Waals surface area contributed by atoms with Crippen molar-refractivity contribution in [2.75, 3.05) is 0 Å². The molecule has 1 aliphatic rings. The maximum Gasteiger partial charge on any atom is 0.290 e. The van der Waals surface area contributed by atoms with Crippen LogP contribution in [0, 0.1) is 5.92 Å².